The van der Waals surface area contributed by atoms with Crippen LogP contribution in [0.25, 0.3) is 0 Å². The average molecular weight is 540 g/mol. The lowest BCUT2D eigenvalue weighted by atomic mass is 9.99. The molecule has 2 amide bonds. The molecule has 0 aliphatic carbocycles. The van der Waals surface area contributed by atoms with E-state index in [4.69, 9.17) is 23.2 Å². The predicted molar refractivity (Wildman–Crippen MR) is 153 cm³/mol. The zero-order valence-electron chi connectivity index (χ0n) is 22.0. The van der Waals surface area contributed by atoms with Gasteiger partial charge in [0.15, 0.2) is 0 Å². The zero-order valence-corrected chi connectivity index (χ0v) is 23.5. The smallest absolute Gasteiger partial charge is 0.243 e. The number of hydrogen-bond acceptors (Lipinski definition) is 2. The van der Waals surface area contributed by atoms with E-state index in [1.54, 1.807) is 17.0 Å². The lowest BCUT2D eigenvalue weighted by molar-refractivity contribution is -0.141. The molecule has 196 valence electrons. The summed E-state index contributed by atoms with van der Waals surface area (Å²) in [7, 11) is 0. The second kappa shape index (κ2) is 13.6. The summed E-state index contributed by atoms with van der Waals surface area (Å²) in [6.07, 6.45) is 1.30. The fourth-order valence-corrected chi connectivity index (χ4v) is 4.55. The summed E-state index contributed by atoms with van der Waals surface area (Å²) < 4.78 is 0. The molecule has 0 radical (unpaired) electrons. The van der Waals surface area contributed by atoms with E-state index >= 15 is 0 Å². The van der Waals surface area contributed by atoms with Crippen molar-refractivity contribution in [2.45, 2.75) is 71.5 Å². The zero-order chi connectivity index (χ0) is 26.9. The molecule has 3 aromatic carbocycles. The maximum atomic E-state index is 13.8. The maximum absolute atomic E-state index is 13.8. The lowest BCUT2D eigenvalue weighted by Gasteiger charge is -2.32. The number of carbonyl (C=O) groups is 2. The van der Waals surface area contributed by atoms with Crippen LogP contribution < -0.4 is 5.32 Å². The van der Waals surface area contributed by atoms with Gasteiger partial charge in [-0.25, -0.2) is 0 Å². The second-order valence-corrected chi connectivity index (χ2v) is 10.8. The number of nitrogens with one attached hydrogen (secondary N) is 1. The summed E-state index contributed by atoms with van der Waals surface area (Å²) in [4.78, 5) is 28.9. The van der Waals surface area contributed by atoms with Crippen molar-refractivity contribution in [1.82, 2.24) is 10.2 Å². The van der Waals surface area contributed by atoms with Crippen LogP contribution in [0.15, 0.2) is 72.8 Å². The van der Waals surface area contributed by atoms with Gasteiger partial charge in [-0.2, -0.15) is 0 Å². The van der Waals surface area contributed by atoms with Crippen LogP contribution in [0.4, 0.5) is 0 Å². The third kappa shape index (κ3) is 8.62. The van der Waals surface area contributed by atoms with Gasteiger partial charge in [0.1, 0.15) is 6.04 Å². The molecule has 0 aliphatic rings. The molecule has 1 atom stereocenters. The van der Waals surface area contributed by atoms with Gasteiger partial charge in [-0.15, -0.1) is 0 Å². The Bertz CT molecular complexity index is 1180. The van der Waals surface area contributed by atoms with E-state index in [2.05, 4.69) is 43.4 Å². The summed E-state index contributed by atoms with van der Waals surface area (Å²) in [5.74, 6) is 0.197. The largest absolute Gasteiger partial charge is 0.352 e. The topological polar surface area (TPSA) is 49.4 Å². The number of hydrogen-bond donors (Lipinski definition) is 1. The molecular weight excluding hydrogens is 503 g/mol. The number of halogens is 2. The molecule has 0 saturated heterocycles. The first kappa shape index (κ1) is 28.7. The molecule has 0 saturated carbocycles. The highest BCUT2D eigenvalue weighted by Gasteiger charge is 2.30. The fourth-order valence-electron chi connectivity index (χ4n) is 4.23. The number of nitrogens with zero attached hydrogens (tertiary/aromatic N) is 1. The van der Waals surface area contributed by atoms with Gasteiger partial charge in [-0.05, 0) is 60.6 Å². The standard InChI is InChI=1S/C31H36Cl2N2O2/c1-21(2)26-14-10-23(11-15-26)13-17-30(36)35(20-25-12-16-27(32)28(33)18-25)29(31(37)34-22(3)4)19-24-8-6-5-7-9-24/h5-12,14-16,18,21-22,29H,13,17,19-20H2,1-4H3,(H,34,37)/t29-/m1/s1. The highest BCUT2D eigenvalue weighted by molar-refractivity contribution is 6.42. The SMILES string of the molecule is CC(C)NC(=O)[C@@H](Cc1ccccc1)N(Cc1ccc(Cl)c(Cl)c1)C(=O)CCc1ccc(C(C)C)cc1. The summed E-state index contributed by atoms with van der Waals surface area (Å²) in [5, 5.41) is 3.89. The Morgan fingerprint density at radius 1 is 0.811 bits per heavy atom. The van der Waals surface area contributed by atoms with Crippen molar-refractivity contribution in [3.63, 3.8) is 0 Å². The van der Waals surface area contributed by atoms with Crippen LogP contribution in [0.3, 0.4) is 0 Å². The maximum Gasteiger partial charge on any atom is 0.243 e. The van der Waals surface area contributed by atoms with Gasteiger partial charge in [0.25, 0.3) is 0 Å². The monoisotopic (exact) mass is 538 g/mol. The molecule has 3 rings (SSSR count). The summed E-state index contributed by atoms with van der Waals surface area (Å²) in [6, 6.07) is 22.8. The minimum Gasteiger partial charge on any atom is -0.352 e. The van der Waals surface area contributed by atoms with Crippen molar-refractivity contribution in [1.29, 1.82) is 0 Å². The van der Waals surface area contributed by atoms with E-state index in [1.807, 2.05) is 50.2 Å². The van der Waals surface area contributed by atoms with E-state index in [1.165, 1.54) is 5.56 Å². The van der Waals surface area contributed by atoms with E-state index < -0.39 is 6.04 Å². The lowest BCUT2D eigenvalue weighted by Crippen LogP contribution is -2.51. The summed E-state index contributed by atoms with van der Waals surface area (Å²) in [6.45, 7) is 8.42. The number of benzene rings is 3. The van der Waals surface area contributed by atoms with Crippen LogP contribution in [0.5, 0.6) is 0 Å². The number of carbonyl (C=O) groups excluding carboxylic acids is 2. The minimum absolute atomic E-state index is 0.0489. The second-order valence-electron chi connectivity index (χ2n) is 10.0. The third-order valence-corrected chi connectivity index (χ3v) is 7.05. The fraction of sp³-hybridized carbons (Fsp3) is 0.355. The van der Waals surface area contributed by atoms with Gasteiger partial charge in [-0.1, -0.05) is 97.7 Å². The normalized spacial score (nSPS) is 12.0. The van der Waals surface area contributed by atoms with Gasteiger partial charge < -0.3 is 10.2 Å². The van der Waals surface area contributed by atoms with Gasteiger partial charge in [0.05, 0.1) is 10.0 Å². The Kier molecular flexibility index (Phi) is 10.6. The number of amides is 2. The molecule has 0 aliphatic heterocycles. The predicted octanol–water partition coefficient (Wildman–Crippen LogP) is 7.21. The molecule has 0 fully saturated rings. The summed E-state index contributed by atoms with van der Waals surface area (Å²) >= 11 is 12.4. The van der Waals surface area contributed by atoms with Gasteiger partial charge in [-0.3, -0.25) is 9.59 Å². The van der Waals surface area contributed by atoms with Crippen molar-refractivity contribution in [3.05, 3.63) is 105 Å². The first-order valence-corrected chi connectivity index (χ1v) is 13.6. The molecule has 0 aromatic heterocycles. The van der Waals surface area contributed by atoms with Crippen molar-refractivity contribution in [2.75, 3.05) is 0 Å². The number of rotatable bonds is 11. The quantitative estimate of drug-likeness (QED) is 0.280. The molecule has 1 N–H and O–H groups in total. The average Bonchev–Trinajstić information content (AvgIpc) is 2.87. The molecule has 0 heterocycles. The van der Waals surface area contributed by atoms with Gasteiger partial charge in [0.2, 0.25) is 11.8 Å². The molecule has 0 bridgehead atoms. The highest BCUT2D eigenvalue weighted by Crippen LogP contribution is 2.25. The van der Waals surface area contributed by atoms with E-state index in [0.29, 0.717) is 35.2 Å². The van der Waals surface area contributed by atoms with Crippen molar-refractivity contribution < 1.29 is 9.59 Å². The third-order valence-electron chi connectivity index (χ3n) is 6.31. The first-order chi connectivity index (χ1) is 17.6. The molecule has 0 unspecified atom stereocenters. The Labute approximate surface area is 231 Å². The Morgan fingerprint density at radius 2 is 1.46 bits per heavy atom. The van der Waals surface area contributed by atoms with Crippen LogP contribution in [0, 0.1) is 0 Å². The molecule has 37 heavy (non-hydrogen) atoms. The summed E-state index contributed by atoms with van der Waals surface area (Å²) in [5.41, 5.74) is 4.17. The molecule has 4 nitrogen and oxygen atoms in total. The molecule has 6 heteroatoms. The van der Waals surface area contributed by atoms with E-state index in [0.717, 1.165) is 16.7 Å². The molecule has 3 aromatic rings. The van der Waals surface area contributed by atoms with Gasteiger partial charge >= 0.3 is 0 Å². The highest BCUT2D eigenvalue weighted by atomic mass is 35.5. The van der Waals surface area contributed by atoms with Crippen LogP contribution in [-0.2, 0) is 29.0 Å². The van der Waals surface area contributed by atoms with E-state index in [9.17, 15) is 9.59 Å². The minimum atomic E-state index is -0.671. The van der Waals surface area contributed by atoms with Crippen LogP contribution >= 0.6 is 23.2 Å². The first-order valence-electron chi connectivity index (χ1n) is 12.8. The van der Waals surface area contributed by atoms with Crippen LogP contribution in [0.1, 0.15) is 62.3 Å². The Morgan fingerprint density at radius 3 is 2.05 bits per heavy atom. The van der Waals surface area contributed by atoms with Crippen LogP contribution in [-0.4, -0.2) is 28.8 Å². The Balaban J connectivity index is 1.90. The molecule has 0 spiro atoms. The molecular formula is C31H36Cl2N2O2. The van der Waals surface area contributed by atoms with E-state index in [-0.39, 0.29) is 24.4 Å². The van der Waals surface area contributed by atoms with Gasteiger partial charge in [0, 0.05) is 25.4 Å². The van der Waals surface area contributed by atoms with Crippen LogP contribution in [0.2, 0.25) is 10.0 Å². The number of aryl methyl sites for hydroxylation is 1. The van der Waals surface area contributed by atoms with Crippen molar-refractivity contribution in [2.24, 2.45) is 0 Å². The van der Waals surface area contributed by atoms with Crippen molar-refractivity contribution in [3.8, 4) is 0 Å². The van der Waals surface area contributed by atoms with Crippen molar-refractivity contribution >= 4 is 35.0 Å². The Hall–Kier alpha value is -2.82.